The van der Waals surface area contributed by atoms with Crippen LogP contribution < -0.4 is 5.73 Å². The lowest BCUT2D eigenvalue weighted by atomic mass is 9.88. The molecular weight excluding hydrogens is 208 g/mol. The molecule has 98 valence electrons. The van der Waals surface area contributed by atoms with Crippen LogP contribution in [0.1, 0.15) is 64.2 Å². The van der Waals surface area contributed by atoms with Crippen LogP contribution >= 0.6 is 0 Å². The molecule has 2 aliphatic heterocycles. The number of hydrogen-bond acceptors (Lipinski definition) is 2. The lowest BCUT2D eigenvalue weighted by Crippen LogP contribution is -2.49. The molecule has 0 amide bonds. The summed E-state index contributed by atoms with van der Waals surface area (Å²) >= 11 is 0. The largest absolute Gasteiger partial charge is 0.330 e. The molecule has 2 bridgehead atoms. The third kappa shape index (κ3) is 2.39. The van der Waals surface area contributed by atoms with Crippen molar-refractivity contribution in [3.8, 4) is 0 Å². The van der Waals surface area contributed by atoms with Crippen LogP contribution in [-0.4, -0.2) is 29.6 Å². The molecule has 2 atom stereocenters. The van der Waals surface area contributed by atoms with Crippen LogP contribution in [0, 0.1) is 5.92 Å². The molecule has 0 radical (unpaired) electrons. The number of hydrogen-bond donors (Lipinski definition) is 1. The molecule has 2 unspecified atom stereocenters. The Morgan fingerprint density at radius 3 is 1.88 bits per heavy atom. The molecule has 1 aliphatic carbocycles. The standard InChI is InChI=1S/C15H28N2/c16-11-12-9-14-7-8-15(10-12)17(14)13-5-3-1-2-4-6-13/h12-15H,1-11,16H2. The van der Waals surface area contributed by atoms with Gasteiger partial charge >= 0.3 is 0 Å². The van der Waals surface area contributed by atoms with Crippen molar-refractivity contribution in [2.45, 2.75) is 82.3 Å². The van der Waals surface area contributed by atoms with E-state index >= 15 is 0 Å². The van der Waals surface area contributed by atoms with E-state index in [0.717, 1.165) is 30.6 Å². The Balaban J connectivity index is 1.67. The van der Waals surface area contributed by atoms with E-state index in [4.69, 9.17) is 5.73 Å². The summed E-state index contributed by atoms with van der Waals surface area (Å²) in [5, 5.41) is 0. The Morgan fingerprint density at radius 1 is 0.765 bits per heavy atom. The van der Waals surface area contributed by atoms with Gasteiger partial charge in [-0.1, -0.05) is 25.7 Å². The van der Waals surface area contributed by atoms with Crippen molar-refractivity contribution in [2.24, 2.45) is 11.7 Å². The van der Waals surface area contributed by atoms with Crippen molar-refractivity contribution in [1.82, 2.24) is 4.90 Å². The number of fused-ring (bicyclic) bond motifs is 2. The van der Waals surface area contributed by atoms with Gasteiger partial charge in [-0.3, -0.25) is 4.90 Å². The molecule has 3 aliphatic rings. The van der Waals surface area contributed by atoms with Gasteiger partial charge in [-0.2, -0.15) is 0 Å². The fraction of sp³-hybridized carbons (Fsp3) is 1.00. The van der Waals surface area contributed by atoms with E-state index in [-0.39, 0.29) is 0 Å². The van der Waals surface area contributed by atoms with E-state index in [1.807, 2.05) is 0 Å². The van der Waals surface area contributed by atoms with Crippen LogP contribution in [0.3, 0.4) is 0 Å². The van der Waals surface area contributed by atoms with E-state index < -0.39 is 0 Å². The summed E-state index contributed by atoms with van der Waals surface area (Å²) in [7, 11) is 0. The average molecular weight is 236 g/mol. The molecule has 2 N–H and O–H groups in total. The minimum absolute atomic E-state index is 0.828. The molecule has 2 heterocycles. The highest BCUT2D eigenvalue weighted by atomic mass is 15.2. The van der Waals surface area contributed by atoms with Gasteiger partial charge in [0.25, 0.3) is 0 Å². The molecule has 0 spiro atoms. The summed E-state index contributed by atoms with van der Waals surface area (Å²) in [5.74, 6) is 0.828. The van der Waals surface area contributed by atoms with E-state index in [0.29, 0.717) is 0 Å². The first kappa shape index (κ1) is 12.0. The van der Waals surface area contributed by atoms with Gasteiger partial charge in [0.05, 0.1) is 0 Å². The summed E-state index contributed by atoms with van der Waals surface area (Å²) < 4.78 is 0. The second-order valence-corrected chi connectivity index (χ2v) is 6.55. The van der Waals surface area contributed by atoms with Crippen LogP contribution in [0.2, 0.25) is 0 Å². The molecule has 0 aromatic carbocycles. The monoisotopic (exact) mass is 236 g/mol. The minimum Gasteiger partial charge on any atom is -0.330 e. The molecule has 3 fully saturated rings. The van der Waals surface area contributed by atoms with Crippen LogP contribution in [-0.2, 0) is 0 Å². The van der Waals surface area contributed by atoms with Gasteiger partial charge < -0.3 is 5.73 Å². The Morgan fingerprint density at radius 2 is 1.35 bits per heavy atom. The zero-order valence-electron chi connectivity index (χ0n) is 11.1. The molecule has 2 nitrogen and oxygen atoms in total. The van der Waals surface area contributed by atoms with Crippen LogP contribution in [0.15, 0.2) is 0 Å². The topological polar surface area (TPSA) is 29.3 Å². The molecule has 0 aromatic rings. The Hall–Kier alpha value is -0.0800. The maximum absolute atomic E-state index is 5.89. The van der Waals surface area contributed by atoms with Crippen molar-refractivity contribution in [2.75, 3.05) is 6.54 Å². The molecule has 2 saturated heterocycles. The first-order valence-corrected chi connectivity index (χ1v) is 7.86. The highest BCUT2D eigenvalue weighted by Gasteiger charge is 2.43. The highest BCUT2D eigenvalue weighted by molar-refractivity contribution is 4.98. The number of rotatable bonds is 2. The van der Waals surface area contributed by atoms with Gasteiger partial charge in [0.1, 0.15) is 0 Å². The maximum atomic E-state index is 5.89. The van der Waals surface area contributed by atoms with Crippen molar-refractivity contribution >= 4 is 0 Å². The van der Waals surface area contributed by atoms with Crippen molar-refractivity contribution in [3.63, 3.8) is 0 Å². The number of nitrogens with two attached hydrogens (primary N) is 1. The Bertz CT molecular complexity index is 231. The first-order valence-electron chi connectivity index (χ1n) is 7.86. The summed E-state index contributed by atoms with van der Waals surface area (Å²) in [5.41, 5.74) is 5.89. The van der Waals surface area contributed by atoms with E-state index in [2.05, 4.69) is 4.90 Å². The molecule has 2 heteroatoms. The fourth-order valence-electron chi connectivity index (χ4n) is 4.67. The summed E-state index contributed by atoms with van der Waals surface area (Å²) in [6, 6.07) is 2.71. The predicted molar refractivity (Wildman–Crippen MR) is 71.9 cm³/mol. The minimum atomic E-state index is 0.828. The predicted octanol–water partition coefficient (Wildman–Crippen LogP) is 2.91. The zero-order chi connectivity index (χ0) is 11.7. The second-order valence-electron chi connectivity index (χ2n) is 6.55. The van der Waals surface area contributed by atoms with Crippen LogP contribution in [0.5, 0.6) is 0 Å². The number of nitrogens with zero attached hydrogens (tertiary/aromatic N) is 1. The van der Waals surface area contributed by atoms with Gasteiger partial charge in [-0.05, 0) is 51.0 Å². The normalized spacial score (nSPS) is 40.4. The van der Waals surface area contributed by atoms with Crippen molar-refractivity contribution in [1.29, 1.82) is 0 Å². The van der Waals surface area contributed by atoms with Crippen molar-refractivity contribution in [3.05, 3.63) is 0 Å². The van der Waals surface area contributed by atoms with Gasteiger partial charge in [-0.25, -0.2) is 0 Å². The SMILES string of the molecule is NCC1CC2CCC(C1)N2C1CCCCCC1. The van der Waals surface area contributed by atoms with E-state index in [1.54, 1.807) is 0 Å². The summed E-state index contributed by atoms with van der Waals surface area (Å²) in [4.78, 5) is 2.94. The maximum Gasteiger partial charge on any atom is 0.0105 e. The van der Waals surface area contributed by atoms with Gasteiger partial charge in [0, 0.05) is 18.1 Å². The van der Waals surface area contributed by atoms with Crippen molar-refractivity contribution < 1.29 is 0 Å². The van der Waals surface area contributed by atoms with Gasteiger partial charge in [0.15, 0.2) is 0 Å². The molecule has 1 saturated carbocycles. The highest BCUT2D eigenvalue weighted by Crippen LogP contribution is 2.41. The zero-order valence-corrected chi connectivity index (χ0v) is 11.1. The third-order valence-corrected chi connectivity index (χ3v) is 5.47. The summed E-state index contributed by atoms with van der Waals surface area (Å²) in [6.07, 6.45) is 14.5. The quantitative estimate of drug-likeness (QED) is 0.747. The Labute approximate surface area is 106 Å². The smallest absolute Gasteiger partial charge is 0.0105 e. The van der Waals surface area contributed by atoms with Crippen LogP contribution in [0.4, 0.5) is 0 Å². The van der Waals surface area contributed by atoms with E-state index in [9.17, 15) is 0 Å². The van der Waals surface area contributed by atoms with Gasteiger partial charge in [-0.15, -0.1) is 0 Å². The molecular formula is C15H28N2. The van der Waals surface area contributed by atoms with Crippen LogP contribution in [0.25, 0.3) is 0 Å². The lowest BCUT2D eigenvalue weighted by Gasteiger charge is -2.43. The Kier molecular flexibility index (Phi) is 3.72. The van der Waals surface area contributed by atoms with E-state index in [1.165, 1.54) is 64.2 Å². The molecule has 3 rings (SSSR count). The molecule has 17 heavy (non-hydrogen) atoms. The average Bonchev–Trinajstić information content (AvgIpc) is 2.61. The first-order chi connectivity index (χ1) is 8.38. The lowest BCUT2D eigenvalue weighted by molar-refractivity contribution is 0.0540. The van der Waals surface area contributed by atoms with Gasteiger partial charge in [0.2, 0.25) is 0 Å². The summed E-state index contributed by atoms with van der Waals surface area (Å²) in [6.45, 7) is 0.922. The molecule has 0 aromatic heterocycles. The second kappa shape index (κ2) is 5.27. The fourth-order valence-corrected chi connectivity index (χ4v) is 4.67. The number of piperidine rings is 1. The third-order valence-electron chi connectivity index (χ3n) is 5.47.